The van der Waals surface area contributed by atoms with Gasteiger partial charge in [-0.15, -0.1) is 0 Å². The summed E-state index contributed by atoms with van der Waals surface area (Å²) in [5.41, 5.74) is 1.54. The van der Waals surface area contributed by atoms with Crippen LogP contribution in [0.5, 0.6) is 0 Å². The second-order valence-electron chi connectivity index (χ2n) is 5.83. The zero-order chi connectivity index (χ0) is 16.4. The van der Waals surface area contributed by atoms with Crippen LogP contribution in [0.3, 0.4) is 0 Å². The van der Waals surface area contributed by atoms with Crippen molar-refractivity contribution >= 4 is 23.2 Å². The SMILES string of the molecule is Cc1nc([C@H](C)NC(=O)c2ccc(N3CCCC3)c(Cl)c2)n[nH]1. The number of hydrogen-bond acceptors (Lipinski definition) is 4. The number of aromatic amines is 1. The number of H-pyrrole nitrogens is 1. The average molecular weight is 334 g/mol. The molecule has 2 heterocycles. The average Bonchev–Trinajstić information content (AvgIpc) is 3.18. The molecule has 0 unspecified atom stereocenters. The number of nitrogens with zero attached hydrogens (tertiary/aromatic N) is 3. The van der Waals surface area contributed by atoms with Crippen molar-refractivity contribution in [2.75, 3.05) is 18.0 Å². The van der Waals surface area contributed by atoms with Crippen LogP contribution in [-0.4, -0.2) is 34.2 Å². The summed E-state index contributed by atoms with van der Waals surface area (Å²) in [6.07, 6.45) is 2.37. The molecule has 0 radical (unpaired) electrons. The van der Waals surface area contributed by atoms with Crippen LogP contribution in [0.15, 0.2) is 18.2 Å². The Bertz CT molecular complexity index is 708. The fraction of sp³-hybridized carbons (Fsp3) is 0.438. The van der Waals surface area contributed by atoms with Crippen molar-refractivity contribution in [3.63, 3.8) is 0 Å². The summed E-state index contributed by atoms with van der Waals surface area (Å²) in [4.78, 5) is 18.9. The molecule has 0 bridgehead atoms. The number of aromatic nitrogens is 3. The molecule has 1 fully saturated rings. The lowest BCUT2D eigenvalue weighted by atomic mass is 10.1. The maximum Gasteiger partial charge on any atom is 0.251 e. The molecule has 1 aliphatic heterocycles. The Morgan fingerprint density at radius 3 is 2.74 bits per heavy atom. The number of anilines is 1. The molecule has 1 aliphatic rings. The predicted octanol–water partition coefficient (Wildman–Crippen LogP) is 2.86. The van der Waals surface area contributed by atoms with Crippen molar-refractivity contribution < 1.29 is 4.79 Å². The van der Waals surface area contributed by atoms with Crippen LogP contribution >= 0.6 is 11.6 Å². The highest BCUT2D eigenvalue weighted by atomic mass is 35.5. The predicted molar refractivity (Wildman–Crippen MR) is 89.9 cm³/mol. The van der Waals surface area contributed by atoms with Crippen LogP contribution in [0, 0.1) is 6.92 Å². The summed E-state index contributed by atoms with van der Waals surface area (Å²) >= 11 is 6.36. The Morgan fingerprint density at radius 2 is 2.13 bits per heavy atom. The van der Waals surface area contributed by atoms with E-state index < -0.39 is 0 Å². The highest BCUT2D eigenvalue weighted by Crippen LogP contribution is 2.29. The normalized spacial score (nSPS) is 15.7. The molecular formula is C16H20ClN5O. The van der Waals surface area contributed by atoms with E-state index in [0.717, 1.165) is 24.6 Å². The largest absolute Gasteiger partial charge is 0.370 e. The van der Waals surface area contributed by atoms with Crippen molar-refractivity contribution in [3.05, 3.63) is 40.4 Å². The molecule has 1 atom stereocenters. The third-order valence-corrected chi connectivity index (χ3v) is 4.31. The number of benzene rings is 1. The van der Waals surface area contributed by atoms with Crippen molar-refractivity contribution in [2.45, 2.75) is 32.7 Å². The lowest BCUT2D eigenvalue weighted by molar-refractivity contribution is 0.0938. The van der Waals surface area contributed by atoms with Crippen molar-refractivity contribution in [3.8, 4) is 0 Å². The van der Waals surface area contributed by atoms with E-state index in [4.69, 9.17) is 11.6 Å². The van der Waals surface area contributed by atoms with Gasteiger partial charge in [0.2, 0.25) is 0 Å². The van der Waals surface area contributed by atoms with Gasteiger partial charge in [-0.05, 0) is 44.9 Å². The summed E-state index contributed by atoms with van der Waals surface area (Å²) in [6.45, 7) is 5.71. The van der Waals surface area contributed by atoms with Crippen LogP contribution in [0.4, 0.5) is 5.69 Å². The first-order valence-corrected chi connectivity index (χ1v) is 8.16. The summed E-state index contributed by atoms with van der Waals surface area (Å²) < 4.78 is 0. The minimum atomic E-state index is -0.274. The number of hydrogen-bond donors (Lipinski definition) is 2. The molecule has 0 spiro atoms. The third kappa shape index (κ3) is 3.47. The molecule has 0 aliphatic carbocycles. The standard InChI is InChI=1S/C16H20ClN5O/c1-10(15-19-11(2)20-21-15)18-16(23)12-5-6-14(13(17)9-12)22-7-3-4-8-22/h5-6,9-10H,3-4,7-8H2,1-2H3,(H,18,23)(H,19,20,21)/t10-/m0/s1. The molecule has 1 saturated heterocycles. The smallest absolute Gasteiger partial charge is 0.251 e. The van der Waals surface area contributed by atoms with Crippen molar-refractivity contribution in [1.82, 2.24) is 20.5 Å². The number of halogens is 1. The van der Waals surface area contributed by atoms with Gasteiger partial charge in [-0.1, -0.05) is 11.6 Å². The van der Waals surface area contributed by atoms with E-state index in [0.29, 0.717) is 16.4 Å². The molecule has 3 rings (SSSR count). The molecule has 7 heteroatoms. The first kappa shape index (κ1) is 15.8. The summed E-state index contributed by atoms with van der Waals surface area (Å²) in [5, 5.41) is 10.3. The maximum atomic E-state index is 12.4. The van der Waals surface area contributed by atoms with Gasteiger partial charge in [-0.2, -0.15) is 5.10 Å². The van der Waals surface area contributed by atoms with E-state index in [9.17, 15) is 4.79 Å². The molecule has 122 valence electrons. The summed E-state index contributed by atoms with van der Waals surface area (Å²) in [6, 6.07) is 5.18. The van der Waals surface area contributed by atoms with Gasteiger partial charge in [0.15, 0.2) is 5.82 Å². The Hall–Kier alpha value is -2.08. The lowest BCUT2D eigenvalue weighted by Gasteiger charge is -2.19. The van der Waals surface area contributed by atoms with Gasteiger partial charge in [-0.3, -0.25) is 9.89 Å². The van der Waals surface area contributed by atoms with Crippen molar-refractivity contribution in [2.24, 2.45) is 0 Å². The zero-order valence-corrected chi connectivity index (χ0v) is 14.0. The molecule has 1 aromatic heterocycles. The highest BCUT2D eigenvalue weighted by molar-refractivity contribution is 6.33. The second-order valence-corrected chi connectivity index (χ2v) is 6.24. The van der Waals surface area contributed by atoms with Gasteiger partial charge in [0.25, 0.3) is 5.91 Å². The summed E-state index contributed by atoms with van der Waals surface area (Å²) in [5.74, 6) is 1.10. The van der Waals surface area contributed by atoms with Crippen LogP contribution in [0.25, 0.3) is 0 Å². The molecule has 1 aromatic carbocycles. The van der Waals surface area contributed by atoms with Gasteiger partial charge in [0.1, 0.15) is 5.82 Å². The van der Waals surface area contributed by atoms with Gasteiger partial charge < -0.3 is 10.2 Å². The van der Waals surface area contributed by atoms with Gasteiger partial charge in [0, 0.05) is 18.7 Å². The fourth-order valence-corrected chi connectivity index (χ4v) is 3.06. The van der Waals surface area contributed by atoms with Gasteiger partial charge in [0.05, 0.1) is 16.8 Å². The number of amides is 1. The van der Waals surface area contributed by atoms with E-state index in [2.05, 4.69) is 25.4 Å². The van der Waals surface area contributed by atoms with E-state index in [-0.39, 0.29) is 11.9 Å². The Balaban J connectivity index is 1.71. The first-order valence-electron chi connectivity index (χ1n) is 7.79. The van der Waals surface area contributed by atoms with Gasteiger partial charge in [-0.25, -0.2) is 4.98 Å². The topological polar surface area (TPSA) is 73.9 Å². The van der Waals surface area contributed by atoms with Gasteiger partial charge >= 0.3 is 0 Å². The minimum absolute atomic E-state index is 0.185. The molecular weight excluding hydrogens is 314 g/mol. The van der Waals surface area contributed by atoms with E-state index in [1.165, 1.54) is 12.8 Å². The molecule has 0 saturated carbocycles. The van der Waals surface area contributed by atoms with E-state index in [1.807, 2.05) is 26.0 Å². The first-order chi connectivity index (χ1) is 11.0. The third-order valence-electron chi connectivity index (χ3n) is 4.01. The van der Waals surface area contributed by atoms with Crippen LogP contribution in [0.2, 0.25) is 5.02 Å². The second kappa shape index (κ2) is 6.58. The molecule has 6 nitrogen and oxygen atoms in total. The Labute approximate surface area is 140 Å². The maximum absolute atomic E-state index is 12.4. The van der Waals surface area contributed by atoms with E-state index in [1.54, 1.807) is 6.07 Å². The zero-order valence-electron chi connectivity index (χ0n) is 13.3. The Kier molecular flexibility index (Phi) is 4.52. The molecule has 23 heavy (non-hydrogen) atoms. The molecule has 1 amide bonds. The van der Waals surface area contributed by atoms with Crippen molar-refractivity contribution in [1.29, 1.82) is 0 Å². The lowest BCUT2D eigenvalue weighted by Crippen LogP contribution is -2.27. The number of aryl methyl sites for hydroxylation is 1. The number of nitrogens with one attached hydrogen (secondary N) is 2. The number of carbonyl (C=O) groups is 1. The summed E-state index contributed by atoms with van der Waals surface area (Å²) in [7, 11) is 0. The minimum Gasteiger partial charge on any atom is -0.370 e. The number of rotatable bonds is 4. The van der Waals surface area contributed by atoms with Crippen LogP contribution in [0.1, 0.15) is 47.8 Å². The number of carbonyl (C=O) groups excluding carboxylic acids is 1. The van der Waals surface area contributed by atoms with Crippen LogP contribution < -0.4 is 10.2 Å². The quantitative estimate of drug-likeness (QED) is 0.902. The molecule has 2 N–H and O–H groups in total. The molecule has 2 aromatic rings. The fourth-order valence-electron chi connectivity index (χ4n) is 2.76. The van der Waals surface area contributed by atoms with E-state index >= 15 is 0 Å². The monoisotopic (exact) mass is 333 g/mol. The van der Waals surface area contributed by atoms with Crippen LogP contribution in [-0.2, 0) is 0 Å². The highest BCUT2D eigenvalue weighted by Gasteiger charge is 2.18. The Morgan fingerprint density at radius 1 is 1.39 bits per heavy atom.